The van der Waals surface area contributed by atoms with Crippen LogP contribution in [0.4, 0.5) is 0 Å². The smallest absolute Gasteiger partial charge is 0.303 e. The number of rotatable bonds is 9. The Labute approximate surface area is 290 Å². The fraction of sp³-hybridized carbons (Fsp3) is 0.447. The minimum absolute atomic E-state index is 0.0927. The number of amides is 2. The molecule has 2 amide bonds. The van der Waals surface area contributed by atoms with Crippen LogP contribution in [-0.4, -0.2) is 67.6 Å². The number of esters is 1. The molecular weight excluding hydrogens is 644 g/mol. The summed E-state index contributed by atoms with van der Waals surface area (Å²) in [6.45, 7) is 5.43. The molecule has 3 heterocycles. The van der Waals surface area contributed by atoms with Crippen LogP contribution in [0.5, 0.6) is 28.7 Å². The standard InChI is InChI=1S/C38H42N2O10/c1-21(2)18-29(42)39-28-12-9-17-40(28)35(43)32-30(23-10-7-6-8-11-23)38(24-13-15-25(45-4)16-14-24)36(49-22(3)41)37(32,44)31-26(50-38)19-27-33(34(31)46-5)48-20-47-27/h6-8,10-11,13-16,19,21,28,30,32,36,44H,9,12,17-18,20H2,1-5H3,(H,39,42)/t28?,30-,32+,36+,37+,38+/m1/s1. The van der Waals surface area contributed by atoms with Gasteiger partial charge in [-0.15, -0.1) is 0 Å². The number of carbonyl (C=O) groups excluding carboxylic acids is 3. The Morgan fingerprint density at radius 2 is 1.76 bits per heavy atom. The van der Waals surface area contributed by atoms with E-state index in [0.29, 0.717) is 48.4 Å². The molecule has 3 aromatic rings. The number of aliphatic hydroxyl groups is 1. The van der Waals surface area contributed by atoms with Crippen LogP contribution in [0.3, 0.4) is 0 Å². The van der Waals surface area contributed by atoms with E-state index in [1.807, 2.05) is 44.2 Å². The number of hydrogen-bond donors (Lipinski definition) is 2. The van der Waals surface area contributed by atoms with Crippen LogP contribution < -0.4 is 29.0 Å². The molecule has 264 valence electrons. The Kier molecular flexibility index (Phi) is 8.53. The van der Waals surface area contributed by atoms with E-state index in [4.69, 9.17) is 28.4 Å². The molecule has 0 spiro atoms. The van der Waals surface area contributed by atoms with Crippen LogP contribution in [0.25, 0.3) is 0 Å². The van der Waals surface area contributed by atoms with Crippen LogP contribution in [-0.2, 0) is 30.3 Å². The van der Waals surface area contributed by atoms with E-state index >= 15 is 4.79 Å². The first-order chi connectivity index (χ1) is 24.0. The molecule has 12 heteroatoms. The number of ether oxygens (including phenoxy) is 6. The number of benzene rings is 3. The molecule has 1 saturated carbocycles. The Hall–Kier alpha value is -4.97. The summed E-state index contributed by atoms with van der Waals surface area (Å²) in [7, 11) is 2.98. The zero-order valence-corrected chi connectivity index (χ0v) is 28.8. The highest BCUT2D eigenvalue weighted by atomic mass is 16.7. The van der Waals surface area contributed by atoms with Crippen LogP contribution in [0.15, 0.2) is 60.7 Å². The molecule has 12 nitrogen and oxygen atoms in total. The summed E-state index contributed by atoms with van der Waals surface area (Å²) >= 11 is 0. The first kappa shape index (κ1) is 33.5. The molecule has 2 fully saturated rings. The van der Waals surface area contributed by atoms with Crippen molar-refractivity contribution >= 4 is 17.8 Å². The van der Waals surface area contributed by atoms with Gasteiger partial charge in [-0.3, -0.25) is 14.4 Å². The number of carbonyl (C=O) groups is 3. The molecule has 7 rings (SSSR count). The number of fused-ring (bicyclic) bond motifs is 5. The lowest BCUT2D eigenvalue weighted by atomic mass is 9.75. The molecule has 2 N–H and O–H groups in total. The Morgan fingerprint density at radius 1 is 1.02 bits per heavy atom. The van der Waals surface area contributed by atoms with E-state index in [1.165, 1.54) is 14.0 Å². The van der Waals surface area contributed by atoms with E-state index in [1.54, 1.807) is 42.3 Å². The van der Waals surface area contributed by atoms with Gasteiger partial charge in [-0.1, -0.05) is 56.3 Å². The molecule has 1 unspecified atom stereocenters. The quantitative estimate of drug-likeness (QED) is 0.312. The summed E-state index contributed by atoms with van der Waals surface area (Å²) in [5, 5.41) is 16.7. The molecule has 6 atom stereocenters. The van der Waals surface area contributed by atoms with Gasteiger partial charge in [-0.2, -0.15) is 0 Å². The molecule has 3 aliphatic heterocycles. The fourth-order valence-electron chi connectivity index (χ4n) is 8.38. The van der Waals surface area contributed by atoms with E-state index in [0.717, 1.165) is 0 Å². The highest BCUT2D eigenvalue weighted by Gasteiger charge is 2.78. The average Bonchev–Trinajstić information content (AvgIpc) is 3.79. The lowest BCUT2D eigenvalue weighted by Gasteiger charge is -2.46. The molecule has 3 aromatic carbocycles. The van der Waals surface area contributed by atoms with E-state index in [2.05, 4.69) is 5.32 Å². The van der Waals surface area contributed by atoms with Crippen molar-refractivity contribution in [3.8, 4) is 28.7 Å². The van der Waals surface area contributed by atoms with Crippen LogP contribution >= 0.6 is 0 Å². The number of nitrogens with zero attached hydrogens (tertiary/aromatic N) is 1. The van der Waals surface area contributed by atoms with Crippen molar-refractivity contribution in [2.24, 2.45) is 11.8 Å². The van der Waals surface area contributed by atoms with Gasteiger partial charge in [-0.25, -0.2) is 0 Å². The maximum absolute atomic E-state index is 15.4. The van der Waals surface area contributed by atoms with Gasteiger partial charge in [0.2, 0.25) is 24.4 Å². The number of methoxy groups -OCH3 is 2. The average molecular weight is 687 g/mol. The number of likely N-dealkylation sites (tertiary alicyclic amines) is 1. The molecule has 2 bridgehead atoms. The van der Waals surface area contributed by atoms with E-state index in [-0.39, 0.29) is 41.4 Å². The van der Waals surface area contributed by atoms with Crippen molar-refractivity contribution in [2.75, 3.05) is 27.6 Å². The van der Waals surface area contributed by atoms with Gasteiger partial charge in [0.05, 0.1) is 25.7 Å². The van der Waals surface area contributed by atoms with Gasteiger partial charge >= 0.3 is 5.97 Å². The molecule has 0 aromatic heterocycles. The Morgan fingerprint density at radius 3 is 2.42 bits per heavy atom. The maximum Gasteiger partial charge on any atom is 0.303 e. The predicted molar refractivity (Wildman–Crippen MR) is 179 cm³/mol. The van der Waals surface area contributed by atoms with Crippen LogP contribution in [0, 0.1) is 11.8 Å². The van der Waals surface area contributed by atoms with Gasteiger partial charge in [0.15, 0.2) is 28.8 Å². The third-order valence-electron chi connectivity index (χ3n) is 10.2. The topological polar surface area (TPSA) is 142 Å². The van der Waals surface area contributed by atoms with E-state index < -0.39 is 47.2 Å². The Bertz CT molecular complexity index is 1800. The monoisotopic (exact) mass is 686 g/mol. The molecule has 1 saturated heterocycles. The minimum atomic E-state index is -2.24. The van der Waals surface area contributed by atoms with Crippen molar-refractivity contribution < 1.29 is 47.9 Å². The minimum Gasteiger partial charge on any atom is -0.497 e. The third-order valence-corrected chi connectivity index (χ3v) is 10.2. The summed E-state index contributed by atoms with van der Waals surface area (Å²) in [6, 6.07) is 18.0. The summed E-state index contributed by atoms with van der Waals surface area (Å²) in [5.74, 6) is -1.96. The lowest BCUT2D eigenvalue weighted by molar-refractivity contribution is -0.196. The predicted octanol–water partition coefficient (Wildman–Crippen LogP) is 4.36. The molecule has 50 heavy (non-hydrogen) atoms. The second-order valence-electron chi connectivity index (χ2n) is 13.7. The number of nitrogens with one attached hydrogen (secondary N) is 1. The van der Waals surface area contributed by atoms with Gasteiger partial charge in [-0.05, 0) is 36.5 Å². The van der Waals surface area contributed by atoms with Gasteiger partial charge < -0.3 is 43.7 Å². The highest BCUT2D eigenvalue weighted by molar-refractivity contribution is 5.87. The normalized spacial score (nSPS) is 27.4. The van der Waals surface area contributed by atoms with Crippen molar-refractivity contribution in [2.45, 2.75) is 69.4 Å². The molecular formula is C38H42N2O10. The van der Waals surface area contributed by atoms with Crippen molar-refractivity contribution in [1.29, 1.82) is 0 Å². The lowest BCUT2D eigenvalue weighted by Crippen LogP contribution is -2.57. The summed E-state index contributed by atoms with van der Waals surface area (Å²) in [4.78, 5) is 43.2. The van der Waals surface area contributed by atoms with Gasteiger partial charge in [0.25, 0.3) is 0 Å². The van der Waals surface area contributed by atoms with E-state index in [9.17, 15) is 14.7 Å². The first-order valence-corrected chi connectivity index (χ1v) is 16.9. The largest absolute Gasteiger partial charge is 0.497 e. The second kappa shape index (κ2) is 12.7. The molecule has 1 aliphatic carbocycles. The third kappa shape index (κ3) is 5.10. The number of hydrogen-bond acceptors (Lipinski definition) is 10. The van der Waals surface area contributed by atoms with Crippen molar-refractivity contribution in [3.05, 3.63) is 77.4 Å². The zero-order valence-electron chi connectivity index (χ0n) is 28.8. The molecule has 0 radical (unpaired) electrons. The zero-order chi connectivity index (χ0) is 35.4. The second-order valence-corrected chi connectivity index (χ2v) is 13.7. The van der Waals surface area contributed by atoms with Crippen LogP contribution in [0.2, 0.25) is 0 Å². The fourth-order valence-corrected chi connectivity index (χ4v) is 8.38. The summed E-state index contributed by atoms with van der Waals surface area (Å²) in [6.07, 6.45) is -0.566. The maximum atomic E-state index is 15.4. The summed E-state index contributed by atoms with van der Waals surface area (Å²) < 4.78 is 36.3. The van der Waals surface area contributed by atoms with Gasteiger partial charge in [0, 0.05) is 37.4 Å². The Balaban J connectivity index is 1.51. The molecule has 4 aliphatic rings. The van der Waals surface area contributed by atoms with Crippen molar-refractivity contribution in [1.82, 2.24) is 10.2 Å². The van der Waals surface area contributed by atoms with Crippen LogP contribution in [0.1, 0.15) is 62.6 Å². The highest BCUT2D eigenvalue weighted by Crippen LogP contribution is 2.70. The SMILES string of the molecule is COc1ccc([C@]23Oc4cc5c(c(OC)c4[C@](O)([C@H](C(=O)N4CCCC4NC(=O)CC(C)C)[C@H]2c2ccccc2)[C@@H]3OC(C)=O)OCO5)cc1. The summed E-state index contributed by atoms with van der Waals surface area (Å²) in [5.41, 5.74) is -2.58. The van der Waals surface area contributed by atoms with Gasteiger partial charge in [0.1, 0.15) is 17.7 Å². The first-order valence-electron chi connectivity index (χ1n) is 16.9. The van der Waals surface area contributed by atoms with Crippen molar-refractivity contribution in [3.63, 3.8) is 0 Å².